The number of amides is 1. The lowest BCUT2D eigenvalue weighted by Gasteiger charge is -2.12. The molecular formula is C10H14N2O4S. The van der Waals surface area contributed by atoms with Crippen molar-refractivity contribution in [1.82, 2.24) is 10.3 Å². The molecule has 0 radical (unpaired) electrons. The van der Waals surface area contributed by atoms with Crippen LogP contribution in [-0.4, -0.2) is 39.7 Å². The minimum absolute atomic E-state index is 0.00281. The van der Waals surface area contributed by atoms with Crippen LogP contribution in [0.5, 0.6) is 0 Å². The monoisotopic (exact) mass is 258 g/mol. The van der Waals surface area contributed by atoms with Gasteiger partial charge in [-0.05, 0) is 6.92 Å². The normalized spacial score (nSPS) is 12.1. The van der Waals surface area contributed by atoms with E-state index in [1.54, 1.807) is 5.38 Å². The summed E-state index contributed by atoms with van der Waals surface area (Å²) in [4.78, 5) is 26.4. The number of aliphatic hydroxyl groups is 1. The molecule has 0 aliphatic rings. The molecule has 1 amide bonds. The predicted octanol–water partition coefficient (Wildman–Crippen LogP) is -0.0542. The van der Waals surface area contributed by atoms with E-state index in [9.17, 15) is 9.59 Å². The lowest BCUT2D eigenvalue weighted by Crippen LogP contribution is -2.42. The number of carboxylic acids is 1. The van der Waals surface area contributed by atoms with Crippen molar-refractivity contribution in [3.8, 4) is 0 Å². The fourth-order valence-electron chi connectivity index (χ4n) is 1.29. The number of hydrogen-bond acceptors (Lipinski definition) is 5. The maximum absolute atomic E-state index is 11.5. The SMILES string of the molecule is Cc1nc(CC(=O)N[C@H](CCO)C(=O)O)cs1. The molecule has 0 saturated heterocycles. The lowest BCUT2D eigenvalue weighted by atomic mass is 10.2. The van der Waals surface area contributed by atoms with Crippen molar-refractivity contribution in [2.45, 2.75) is 25.8 Å². The van der Waals surface area contributed by atoms with Crippen molar-refractivity contribution in [3.63, 3.8) is 0 Å². The molecule has 0 unspecified atom stereocenters. The maximum Gasteiger partial charge on any atom is 0.326 e. The zero-order chi connectivity index (χ0) is 12.8. The van der Waals surface area contributed by atoms with Gasteiger partial charge in [-0.1, -0.05) is 0 Å². The number of rotatable bonds is 6. The van der Waals surface area contributed by atoms with Gasteiger partial charge in [-0.2, -0.15) is 0 Å². The Morgan fingerprint density at radius 1 is 1.59 bits per heavy atom. The van der Waals surface area contributed by atoms with Crippen LogP contribution in [0.4, 0.5) is 0 Å². The highest BCUT2D eigenvalue weighted by atomic mass is 32.1. The third kappa shape index (κ3) is 4.49. The summed E-state index contributed by atoms with van der Waals surface area (Å²) in [5.74, 6) is -1.56. The van der Waals surface area contributed by atoms with E-state index in [1.165, 1.54) is 11.3 Å². The third-order valence-corrected chi connectivity index (χ3v) is 2.88. The van der Waals surface area contributed by atoms with Crippen LogP contribution in [0.3, 0.4) is 0 Å². The smallest absolute Gasteiger partial charge is 0.326 e. The molecule has 0 saturated carbocycles. The van der Waals surface area contributed by atoms with Gasteiger partial charge in [0.15, 0.2) is 0 Å². The average molecular weight is 258 g/mol. The van der Waals surface area contributed by atoms with Gasteiger partial charge in [0.2, 0.25) is 5.91 Å². The van der Waals surface area contributed by atoms with Gasteiger partial charge in [0.25, 0.3) is 0 Å². The number of aliphatic hydroxyl groups excluding tert-OH is 1. The first-order valence-corrected chi connectivity index (χ1v) is 5.95. The first-order chi connectivity index (χ1) is 8.02. The maximum atomic E-state index is 11.5. The number of aryl methyl sites for hydroxylation is 1. The van der Waals surface area contributed by atoms with E-state index in [4.69, 9.17) is 10.2 Å². The van der Waals surface area contributed by atoms with Gasteiger partial charge < -0.3 is 15.5 Å². The zero-order valence-electron chi connectivity index (χ0n) is 9.34. The molecule has 0 aliphatic heterocycles. The second kappa shape index (κ2) is 6.31. The Labute approximate surface area is 102 Å². The average Bonchev–Trinajstić information content (AvgIpc) is 2.63. The van der Waals surface area contributed by atoms with E-state index in [-0.39, 0.29) is 19.4 Å². The predicted molar refractivity (Wildman–Crippen MR) is 61.8 cm³/mol. The molecule has 1 aromatic rings. The second-order valence-electron chi connectivity index (χ2n) is 3.51. The first-order valence-electron chi connectivity index (χ1n) is 5.07. The van der Waals surface area contributed by atoms with Crippen molar-refractivity contribution in [2.24, 2.45) is 0 Å². The molecule has 1 heterocycles. The van der Waals surface area contributed by atoms with E-state index >= 15 is 0 Å². The van der Waals surface area contributed by atoms with Crippen LogP contribution in [0.1, 0.15) is 17.1 Å². The molecule has 6 nitrogen and oxygen atoms in total. The molecule has 0 aromatic carbocycles. The number of hydrogen-bond donors (Lipinski definition) is 3. The molecular weight excluding hydrogens is 244 g/mol. The Morgan fingerprint density at radius 3 is 2.76 bits per heavy atom. The quantitative estimate of drug-likeness (QED) is 0.664. The summed E-state index contributed by atoms with van der Waals surface area (Å²) in [6, 6.07) is -1.05. The van der Waals surface area contributed by atoms with Crippen LogP contribution in [0, 0.1) is 6.92 Å². The van der Waals surface area contributed by atoms with Crippen LogP contribution in [0.2, 0.25) is 0 Å². The lowest BCUT2D eigenvalue weighted by molar-refractivity contribution is -0.142. The summed E-state index contributed by atoms with van der Waals surface area (Å²) in [5.41, 5.74) is 0.623. The Kier molecular flexibility index (Phi) is 5.05. The van der Waals surface area contributed by atoms with Gasteiger partial charge in [0.1, 0.15) is 6.04 Å². The third-order valence-electron chi connectivity index (χ3n) is 2.06. The van der Waals surface area contributed by atoms with Crippen molar-refractivity contribution in [1.29, 1.82) is 0 Å². The summed E-state index contributed by atoms with van der Waals surface area (Å²) in [6.07, 6.45) is 0.0523. The fraction of sp³-hybridized carbons (Fsp3) is 0.500. The molecule has 0 spiro atoms. The van der Waals surface area contributed by atoms with E-state index in [1.807, 2.05) is 6.92 Å². The van der Waals surface area contributed by atoms with Gasteiger partial charge in [-0.3, -0.25) is 4.79 Å². The Balaban J connectivity index is 2.50. The molecule has 17 heavy (non-hydrogen) atoms. The summed E-state index contributed by atoms with van der Waals surface area (Å²) in [6.45, 7) is 1.55. The number of carboxylic acid groups (broad SMARTS) is 1. The van der Waals surface area contributed by atoms with Crippen molar-refractivity contribution >= 4 is 23.2 Å². The molecule has 0 fully saturated rings. The molecule has 3 N–H and O–H groups in total. The van der Waals surface area contributed by atoms with E-state index in [2.05, 4.69) is 10.3 Å². The minimum atomic E-state index is -1.15. The summed E-state index contributed by atoms with van der Waals surface area (Å²) >= 11 is 1.43. The number of carbonyl (C=O) groups excluding carboxylic acids is 1. The molecule has 1 rings (SSSR count). The standard InChI is InChI=1S/C10H14N2O4S/c1-6-11-7(5-17-6)4-9(14)12-8(2-3-13)10(15)16/h5,8,13H,2-4H2,1H3,(H,12,14)(H,15,16)/t8-/m1/s1. The van der Waals surface area contributed by atoms with Gasteiger partial charge >= 0.3 is 5.97 Å². The topological polar surface area (TPSA) is 99.5 Å². The zero-order valence-corrected chi connectivity index (χ0v) is 10.2. The highest BCUT2D eigenvalue weighted by Gasteiger charge is 2.19. The van der Waals surface area contributed by atoms with Crippen LogP contribution in [-0.2, 0) is 16.0 Å². The number of aliphatic carboxylic acids is 1. The number of nitrogens with zero attached hydrogens (tertiary/aromatic N) is 1. The molecule has 0 bridgehead atoms. The number of carbonyl (C=O) groups is 2. The summed E-state index contributed by atoms with van der Waals surface area (Å²) < 4.78 is 0. The number of thiazole rings is 1. The Morgan fingerprint density at radius 2 is 2.29 bits per heavy atom. The van der Waals surface area contributed by atoms with Crippen molar-refractivity contribution in [2.75, 3.05) is 6.61 Å². The van der Waals surface area contributed by atoms with E-state index in [0.29, 0.717) is 5.69 Å². The number of aromatic nitrogens is 1. The van der Waals surface area contributed by atoms with Gasteiger partial charge in [0.05, 0.1) is 17.1 Å². The molecule has 0 aliphatic carbocycles. The Hall–Kier alpha value is -1.47. The molecule has 1 aromatic heterocycles. The summed E-state index contributed by atoms with van der Waals surface area (Å²) in [7, 11) is 0. The van der Waals surface area contributed by atoms with E-state index < -0.39 is 17.9 Å². The minimum Gasteiger partial charge on any atom is -0.480 e. The van der Waals surface area contributed by atoms with Gasteiger partial charge in [-0.15, -0.1) is 11.3 Å². The van der Waals surface area contributed by atoms with E-state index in [0.717, 1.165) is 5.01 Å². The first kappa shape index (κ1) is 13.6. The Bertz CT molecular complexity index is 405. The second-order valence-corrected chi connectivity index (χ2v) is 4.57. The van der Waals surface area contributed by atoms with Crippen LogP contribution in [0.25, 0.3) is 0 Å². The molecule has 1 atom stereocenters. The van der Waals surface area contributed by atoms with Crippen molar-refractivity contribution < 1.29 is 19.8 Å². The highest BCUT2D eigenvalue weighted by Crippen LogP contribution is 2.08. The van der Waals surface area contributed by atoms with Crippen LogP contribution < -0.4 is 5.32 Å². The van der Waals surface area contributed by atoms with Gasteiger partial charge in [0, 0.05) is 18.4 Å². The molecule has 7 heteroatoms. The summed E-state index contributed by atoms with van der Waals surface area (Å²) in [5, 5.41) is 22.4. The van der Waals surface area contributed by atoms with Crippen molar-refractivity contribution in [3.05, 3.63) is 16.1 Å². The van der Waals surface area contributed by atoms with Crippen LogP contribution >= 0.6 is 11.3 Å². The van der Waals surface area contributed by atoms with Crippen LogP contribution in [0.15, 0.2) is 5.38 Å². The highest BCUT2D eigenvalue weighted by molar-refractivity contribution is 7.09. The fourth-order valence-corrected chi connectivity index (χ4v) is 1.90. The number of nitrogens with one attached hydrogen (secondary N) is 1. The largest absolute Gasteiger partial charge is 0.480 e. The molecule has 94 valence electrons. The van der Waals surface area contributed by atoms with Gasteiger partial charge in [-0.25, -0.2) is 9.78 Å².